The molecule has 0 saturated carbocycles. The molecule has 1 aromatic rings. The number of hydrogen-bond donors (Lipinski definition) is 2. The molecule has 0 unspecified atom stereocenters. The predicted octanol–water partition coefficient (Wildman–Crippen LogP) is -0.0543. The van der Waals surface area contributed by atoms with E-state index < -0.39 is 5.97 Å². The first-order valence-electron chi connectivity index (χ1n) is 2.42. The molecule has 0 spiro atoms. The van der Waals surface area contributed by atoms with Crippen molar-refractivity contribution in [3.05, 3.63) is 10.3 Å². The molecule has 0 saturated heterocycles. The van der Waals surface area contributed by atoms with Crippen LogP contribution in [0.15, 0.2) is 5.38 Å². The van der Waals surface area contributed by atoms with E-state index in [1.807, 2.05) is 0 Å². The molecule has 0 aliphatic heterocycles. The Balaban J connectivity index is 3.17. The van der Waals surface area contributed by atoms with Crippen LogP contribution in [0.1, 0.15) is 9.67 Å². The van der Waals surface area contributed by atoms with Crippen molar-refractivity contribution in [2.24, 2.45) is 0 Å². The fourth-order valence-electron chi connectivity index (χ4n) is 0.517. The Hall–Kier alpha value is -0.965. The van der Waals surface area contributed by atoms with Crippen molar-refractivity contribution in [2.45, 2.75) is 0 Å². The molecule has 0 aliphatic carbocycles. The highest BCUT2D eigenvalue weighted by molar-refractivity contribution is 7.13. The average molecular weight is 154 g/mol. The Bertz CT molecular complexity index is 268. The van der Waals surface area contributed by atoms with Crippen molar-refractivity contribution in [2.75, 3.05) is 0 Å². The van der Waals surface area contributed by atoms with Crippen LogP contribution in [0.5, 0.6) is 5.75 Å². The van der Waals surface area contributed by atoms with Crippen LogP contribution in [-0.2, 0) is 0 Å². The zero-order valence-electron chi connectivity index (χ0n) is 4.87. The number of aromatic hydroxyl groups is 1. The maximum atomic E-state index is 10.2. The van der Waals surface area contributed by atoms with Gasteiger partial charge in [0, 0.05) is 0 Å². The van der Waals surface area contributed by atoms with E-state index in [0.717, 1.165) is 11.3 Å². The van der Waals surface area contributed by atoms with E-state index in [0.29, 0.717) is 0 Å². The van der Waals surface area contributed by atoms with Gasteiger partial charge in [0.25, 0.3) is 0 Å². The number of hydrogen-bond acceptors (Lipinski definition) is 3. The van der Waals surface area contributed by atoms with Gasteiger partial charge in [-0.1, -0.05) is 0 Å². The second-order valence-electron chi connectivity index (χ2n) is 1.67. The second-order valence-corrected chi connectivity index (χ2v) is 2.55. The molecule has 0 atom stereocenters. The number of carboxylic acids is 1. The molecule has 3 nitrogen and oxygen atoms in total. The fraction of sp³-hybridized carbons (Fsp3) is 0. The van der Waals surface area contributed by atoms with Crippen molar-refractivity contribution in [1.82, 2.24) is 0 Å². The quantitative estimate of drug-likeness (QED) is 0.557. The molecular weight excluding hydrogens is 151 g/mol. The summed E-state index contributed by atoms with van der Waals surface area (Å²) in [7, 11) is 5.18. The standard InChI is InChI=1S/C5H3BO3S/c6-2-1-10-4(3(2)7)5(8)9/h1,7H,(H,8,9). The van der Waals surface area contributed by atoms with E-state index in [2.05, 4.69) is 0 Å². The van der Waals surface area contributed by atoms with Crippen LogP contribution in [0.2, 0.25) is 0 Å². The van der Waals surface area contributed by atoms with Crippen LogP contribution in [0.25, 0.3) is 0 Å². The minimum atomic E-state index is -1.15. The van der Waals surface area contributed by atoms with E-state index in [1.165, 1.54) is 5.38 Å². The van der Waals surface area contributed by atoms with Gasteiger partial charge in [-0.15, -0.1) is 11.3 Å². The third-order valence-corrected chi connectivity index (χ3v) is 1.96. The van der Waals surface area contributed by atoms with Gasteiger partial charge in [0.1, 0.15) is 13.6 Å². The van der Waals surface area contributed by atoms with Crippen molar-refractivity contribution in [3.63, 3.8) is 0 Å². The van der Waals surface area contributed by atoms with E-state index in [4.69, 9.17) is 18.1 Å². The van der Waals surface area contributed by atoms with Crippen molar-refractivity contribution in [3.8, 4) is 5.75 Å². The number of rotatable bonds is 1. The Morgan fingerprint density at radius 3 is 2.50 bits per heavy atom. The maximum absolute atomic E-state index is 10.2. The highest BCUT2D eigenvalue weighted by Gasteiger charge is 2.12. The van der Waals surface area contributed by atoms with E-state index in [9.17, 15) is 4.79 Å². The highest BCUT2D eigenvalue weighted by Crippen LogP contribution is 2.19. The fourth-order valence-corrected chi connectivity index (χ4v) is 1.20. The van der Waals surface area contributed by atoms with Gasteiger partial charge in [-0.25, -0.2) is 4.79 Å². The Morgan fingerprint density at radius 2 is 2.30 bits per heavy atom. The summed E-state index contributed by atoms with van der Waals surface area (Å²) in [5, 5.41) is 18.7. The lowest BCUT2D eigenvalue weighted by Crippen LogP contribution is -1.99. The van der Waals surface area contributed by atoms with Crippen molar-refractivity contribution in [1.29, 1.82) is 0 Å². The first kappa shape index (κ1) is 7.15. The van der Waals surface area contributed by atoms with Gasteiger partial charge in [-0.2, -0.15) is 0 Å². The summed E-state index contributed by atoms with van der Waals surface area (Å²) >= 11 is 0.910. The van der Waals surface area contributed by atoms with Crippen LogP contribution in [0, 0.1) is 0 Å². The summed E-state index contributed by atoms with van der Waals surface area (Å²) in [6, 6.07) is 0. The average Bonchev–Trinajstić information content (AvgIpc) is 2.14. The summed E-state index contributed by atoms with van der Waals surface area (Å²) < 4.78 is 0. The number of carboxylic acid groups (broad SMARTS) is 1. The number of carbonyl (C=O) groups is 1. The first-order valence-corrected chi connectivity index (χ1v) is 3.30. The summed E-state index contributed by atoms with van der Waals surface area (Å²) in [5.74, 6) is -1.49. The third kappa shape index (κ3) is 0.996. The molecule has 0 aromatic carbocycles. The molecule has 1 heterocycles. The Labute approximate surface area is 62.3 Å². The minimum Gasteiger partial charge on any atom is -0.507 e. The second kappa shape index (κ2) is 2.34. The molecule has 1 aromatic heterocycles. The molecule has 1 rings (SSSR count). The van der Waals surface area contributed by atoms with Crippen LogP contribution in [-0.4, -0.2) is 24.0 Å². The molecule has 0 bridgehead atoms. The molecule has 2 radical (unpaired) electrons. The molecule has 10 heavy (non-hydrogen) atoms. The largest absolute Gasteiger partial charge is 0.507 e. The summed E-state index contributed by atoms with van der Waals surface area (Å²) in [4.78, 5) is 10.1. The molecule has 0 amide bonds. The van der Waals surface area contributed by atoms with Gasteiger partial charge in [-0.05, 0) is 10.8 Å². The molecular formula is C5H3BO3S. The smallest absolute Gasteiger partial charge is 0.349 e. The third-order valence-electron chi connectivity index (χ3n) is 0.986. The zero-order valence-corrected chi connectivity index (χ0v) is 5.68. The molecule has 5 heteroatoms. The summed E-state index contributed by atoms with van der Waals surface area (Å²) in [6.07, 6.45) is 0. The zero-order chi connectivity index (χ0) is 7.72. The van der Waals surface area contributed by atoms with E-state index in [-0.39, 0.29) is 16.1 Å². The van der Waals surface area contributed by atoms with E-state index in [1.54, 1.807) is 0 Å². The Morgan fingerprint density at radius 1 is 1.70 bits per heavy atom. The minimum absolute atomic E-state index is 0.113. The summed E-state index contributed by atoms with van der Waals surface area (Å²) in [5.41, 5.74) is 0.113. The van der Waals surface area contributed by atoms with Gasteiger partial charge < -0.3 is 10.2 Å². The van der Waals surface area contributed by atoms with Gasteiger partial charge in [0.2, 0.25) is 0 Å². The normalized spacial score (nSPS) is 9.60. The van der Waals surface area contributed by atoms with Gasteiger partial charge >= 0.3 is 5.97 Å². The topological polar surface area (TPSA) is 57.5 Å². The number of aromatic carboxylic acids is 1. The lowest BCUT2D eigenvalue weighted by Gasteiger charge is -1.89. The molecule has 2 N–H and O–H groups in total. The molecule has 50 valence electrons. The monoisotopic (exact) mass is 154 g/mol. The van der Waals surface area contributed by atoms with Crippen LogP contribution in [0.3, 0.4) is 0 Å². The van der Waals surface area contributed by atoms with Crippen LogP contribution < -0.4 is 5.46 Å². The van der Waals surface area contributed by atoms with Gasteiger partial charge in [0.05, 0.1) is 0 Å². The van der Waals surface area contributed by atoms with Gasteiger partial charge in [-0.3, -0.25) is 0 Å². The van der Waals surface area contributed by atoms with Crippen LogP contribution >= 0.6 is 11.3 Å². The van der Waals surface area contributed by atoms with Gasteiger partial charge in [0.15, 0.2) is 4.88 Å². The highest BCUT2D eigenvalue weighted by atomic mass is 32.1. The molecule has 0 aliphatic rings. The molecule has 0 fully saturated rings. The van der Waals surface area contributed by atoms with Crippen molar-refractivity contribution >= 4 is 30.6 Å². The lowest BCUT2D eigenvalue weighted by molar-refractivity contribution is 0.0699. The first-order chi connectivity index (χ1) is 4.63. The Kier molecular flexibility index (Phi) is 1.67. The van der Waals surface area contributed by atoms with E-state index >= 15 is 0 Å². The van der Waals surface area contributed by atoms with Crippen molar-refractivity contribution < 1.29 is 15.0 Å². The predicted molar refractivity (Wildman–Crippen MR) is 38.3 cm³/mol. The lowest BCUT2D eigenvalue weighted by atomic mass is 9.99. The SMILES string of the molecule is [B]c1csc(C(=O)O)c1O. The maximum Gasteiger partial charge on any atom is 0.349 e. The van der Waals surface area contributed by atoms with Crippen LogP contribution in [0.4, 0.5) is 0 Å². The number of thiophene rings is 1. The summed E-state index contributed by atoms with van der Waals surface area (Å²) in [6.45, 7) is 0.